The summed E-state index contributed by atoms with van der Waals surface area (Å²) in [5, 5.41) is 0. The van der Waals surface area contributed by atoms with Crippen molar-refractivity contribution in [2.24, 2.45) is 0 Å². The molecule has 0 fully saturated rings. The fourth-order valence-corrected chi connectivity index (χ4v) is 0.887. The van der Waals surface area contributed by atoms with Crippen LogP contribution in [0.25, 0.3) is 0 Å². The first-order valence-corrected chi connectivity index (χ1v) is 5.37. The zero-order chi connectivity index (χ0) is 12.9. The van der Waals surface area contributed by atoms with Crippen LogP contribution < -0.4 is 0 Å². The van der Waals surface area contributed by atoms with Crippen molar-refractivity contribution in [3.8, 4) is 0 Å². The van der Waals surface area contributed by atoms with E-state index in [1.165, 1.54) is 0 Å². The maximum Gasteiger partial charge on any atom is 0.330 e. The van der Waals surface area contributed by atoms with Gasteiger partial charge in [-0.25, -0.2) is 9.59 Å². The van der Waals surface area contributed by atoms with E-state index < -0.39 is 11.9 Å². The summed E-state index contributed by atoms with van der Waals surface area (Å²) in [6.45, 7) is 8.18. The molecular formula is C12H18O5. The van der Waals surface area contributed by atoms with Crippen LogP contribution in [0.2, 0.25) is 0 Å². The minimum Gasteiger partial charge on any atom is -0.462 e. The Morgan fingerprint density at radius 1 is 0.824 bits per heavy atom. The quantitative estimate of drug-likeness (QED) is 0.328. The summed E-state index contributed by atoms with van der Waals surface area (Å²) >= 11 is 0. The number of carbonyl (C=O) groups excluding carboxylic acids is 2. The lowest BCUT2D eigenvalue weighted by atomic mass is 10.4. The molecule has 0 radical (unpaired) electrons. The van der Waals surface area contributed by atoms with Crippen molar-refractivity contribution in [2.75, 3.05) is 26.4 Å². The van der Waals surface area contributed by atoms with Gasteiger partial charge in [-0.15, -0.1) is 0 Å². The summed E-state index contributed by atoms with van der Waals surface area (Å²) in [6.07, 6.45) is 3.50. The first-order valence-electron chi connectivity index (χ1n) is 5.37. The number of hydrogen-bond acceptors (Lipinski definition) is 5. The van der Waals surface area contributed by atoms with E-state index in [1.54, 1.807) is 0 Å². The molecule has 5 nitrogen and oxygen atoms in total. The third kappa shape index (κ3) is 10.7. The molecule has 0 saturated heterocycles. The molecule has 0 amide bonds. The fraction of sp³-hybridized carbons (Fsp3) is 0.500. The van der Waals surface area contributed by atoms with E-state index in [-0.39, 0.29) is 0 Å². The molecule has 0 unspecified atom stereocenters. The zero-order valence-electron chi connectivity index (χ0n) is 9.85. The molecule has 0 aromatic rings. The Morgan fingerprint density at radius 3 is 1.59 bits per heavy atom. The Morgan fingerprint density at radius 2 is 1.24 bits per heavy atom. The highest BCUT2D eigenvalue weighted by Crippen LogP contribution is 1.90. The monoisotopic (exact) mass is 242 g/mol. The lowest BCUT2D eigenvalue weighted by Gasteiger charge is -2.05. The Balaban J connectivity index is 3.13. The molecule has 0 spiro atoms. The first-order chi connectivity index (χ1) is 8.20. The van der Waals surface area contributed by atoms with E-state index in [0.29, 0.717) is 39.3 Å². The fourth-order valence-electron chi connectivity index (χ4n) is 0.887. The van der Waals surface area contributed by atoms with Crippen molar-refractivity contribution in [1.82, 2.24) is 0 Å². The molecule has 17 heavy (non-hydrogen) atoms. The minimum atomic E-state index is -0.429. The van der Waals surface area contributed by atoms with Crippen molar-refractivity contribution >= 4 is 11.9 Å². The highest BCUT2D eigenvalue weighted by Gasteiger charge is 1.96. The third-order valence-electron chi connectivity index (χ3n) is 1.69. The Bertz CT molecular complexity index is 234. The Kier molecular flexibility index (Phi) is 9.85. The van der Waals surface area contributed by atoms with Gasteiger partial charge in [0.05, 0.1) is 13.2 Å². The van der Waals surface area contributed by atoms with E-state index in [2.05, 4.69) is 13.2 Å². The molecule has 96 valence electrons. The molecular weight excluding hydrogens is 224 g/mol. The standard InChI is InChI=1S/C12H18O5/c1-3-11(13)16-9-5-7-15-8-6-10-17-12(14)4-2/h3-4H,1-2,5-10H2. The van der Waals surface area contributed by atoms with Crippen LogP contribution in [0.15, 0.2) is 25.3 Å². The van der Waals surface area contributed by atoms with E-state index in [1.807, 2.05) is 0 Å². The van der Waals surface area contributed by atoms with Gasteiger partial charge in [-0.05, 0) is 0 Å². The molecule has 0 saturated carbocycles. The molecule has 0 aromatic carbocycles. The second-order valence-electron chi connectivity index (χ2n) is 3.06. The van der Waals surface area contributed by atoms with Gasteiger partial charge in [-0.3, -0.25) is 0 Å². The van der Waals surface area contributed by atoms with Gasteiger partial charge < -0.3 is 14.2 Å². The number of rotatable bonds is 10. The molecule has 0 rings (SSSR count). The van der Waals surface area contributed by atoms with E-state index >= 15 is 0 Å². The summed E-state index contributed by atoms with van der Waals surface area (Å²) in [4.78, 5) is 21.3. The average Bonchev–Trinajstić information content (AvgIpc) is 2.35. The predicted octanol–water partition coefficient (Wildman–Crippen LogP) is 1.24. The highest BCUT2D eigenvalue weighted by molar-refractivity contribution is 5.81. The van der Waals surface area contributed by atoms with E-state index in [0.717, 1.165) is 12.2 Å². The summed E-state index contributed by atoms with van der Waals surface area (Å²) in [7, 11) is 0. The lowest BCUT2D eigenvalue weighted by molar-refractivity contribution is -0.138. The van der Waals surface area contributed by atoms with Gasteiger partial charge in [0, 0.05) is 38.2 Å². The topological polar surface area (TPSA) is 61.8 Å². The van der Waals surface area contributed by atoms with Crippen LogP contribution in [0, 0.1) is 0 Å². The molecule has 0 heterocycles. The molecule has 0 bridgehead atoms. The first kappa shape index (κ1) is 15.4. The molecule has 0 aliphatic heterocycles. The van der Waals surface area contributed by atoms with Crippen molar-refractivity contribution < 1.29 is 23.8 Å². The van der Waals surface area contributed by atoms with E-state index in [4.69, 9.17) is 14.2 Å². The van der Waals surface area contributed by atoms with Crippen LogP contribution in [0.1, 0.15) is 12.8 Å². The third-order valence-corrected chi connectivity index (χ3v) is 1.69. The predicted molar refractivity (Wildman–Crippen MR) is 62.4 cm³/mol. The summed E-state index contributed by atoms with van der Waals surface area (Å²) < 4.78 is 14.7. The van der Waals surface area contributed by atoms with Gasteiger partial charge in [0.25, 0.3) is 0 Å². The Hall–Kier alpha value is -1.62. The van der Waals surface area contributed by atoms with Crippen molar-refractivity contribution in [2.45, 2.75) is 12.8 Å². The maximum atomic E-state index is 10.6. The second-order valence-corrected chi connectivity index (χ2v) is 3.06. The number of carbonyl (C=O) groups is 2. The molecule has 0 aliphatic rings. The summed E-state index contributed by atoms with van der Waals surface area (Å²) in [5.74, 6) is -0.859. The van der Waals surface area contributed by atoms with Crippen LogP contribution >= 0.6 is 0 Å². The molecule has 0 aromatic heterocycles. The van der Waals surface area contributed by atoms with Crippen molar-refractivity contribution in [3.63, 3.8) is 0 Å². The highest BCUT2D eigenvalue weighted by atomic mass is 16.5. The summed E-state index contributed by atoms with van der Waals surface area (Å²) in [6, 6.07) is 0. The second kappa shape index (κ2) is 10.9. The number of esters is 2. The molecule has 0 atom stereocenters. The minimum absolute atomic E-state index is 0.316. The van der Waals surface area contributed by atoms with Gasteiger partial charge in [-0.2, -0.15) is 0 Å². The van der Waals surface area contributed by atoms with Crippen LogP contribution in [0.3, 0.4) is 0 Å². The van der Waals surface area contributed by atoms with Gasteiger partial charge in [0.1, 0.15) is 0 Å². The SMILES string of the molecule is C=CC(=O)OCCCOCCCOC(=O)C=C. The van der Waals surface area contributed by atoms with Gasteiger partial charge in [0.15, 0.2) is 0 Å². The summed E-state index contributed by atoms with van der Waals surface area (Å²) in [5.41, 5.74) is 0. The van der Waals surface area contributed by atoms with Crippen molar-refractivity contribution in [3.05, 3.63) is 25.3 Å². The normalized spacial score (nSPS) is 9.41. The van der Waals surface area contributed by atoms with Crippen LogP contribution in [0.4, 0.5) is 0 Å². The van der Waals surface area contributed by atoms with Gasteiger partial charge in [-0.1, -0.05) is 13.2 Å². The maximum absolute atomic E-state index is 10.6. The number of ether oxygens (including phenoxy) is 3. The average molecular weight is 242 g/mol. The van der Waals surface area contributed by atoms with Crippen LogP contribution in [-0.4, -0.2) is 38.4 Å². The van der Waals surface area contributed by atoms with Crippen LogP contribution in [-0.2, 0) is 23.8 Å². The van der Waals surface area contributed by atoms with Crippen LogP contribution in [0.5, 0.6) is 0 Å². The van der Waals surface area contributed by atoms with Gasteiger partial charge in [0.2, 0.25) is 0 Å². The van der Waals surface area contributed by atoms with Crippen molar-refractivity contribution in [1.29, 1.82) is 0 Å². The van der Waals surface area contributed by atoms with E-state index in [9.17, 15) is 9.59 Å². The van der Waals surface area contributed by atoms with Gasteiger partial charge >= 0.3 is 11.9 Å². The smallest absolute Gasteiger partial charge is 0.330 e. The molecule has 0 N–H and O–H groups in total. The Labute approximate surface area is 101 Å². The molecule has 0 aliphatic carbocycles. The molecule has 5 heteroatoms. The largest absolute Gasteiger partial charge is 0.462 e. The number of hydrogen-bond donors (Lipinski definition) is 0. The zero-order valence-corrected chi connectivity index (χ0v) is 9.85. The lowest BCUT2D eigenvalue weighted by Crippen LogP contribution is -2.08.